The number of hydrogen-bond donors (Lipinski definition) is 0. The molecule has 2 nitrogen and oxygen atoms in total. The van der Waals surface area contributed by atoms with E-state index in [2.05, 4.69) is 350 Å². The van der Waals surface area contributed by atoms with Crippen molar-refractivity contribution in [1.29, 1.82) is 0 Å². The molecule has 0 heterocycles. The number of para-hydroxylation sites is 2. The normalized spacial score (nSPS) is 11.4. The van der Waals surface area contributed by atoms with Crippen molar-refractivity contribution in [2.45, 2.75) is 0 Å². The highest BCUT2D eigenvalue weighted by Crippen LogP contribution is 2.49. The van der Waals surface area contributed by atoms with E-state index < -0.39 is 0 Å². The summed E-state index contributed by atoms with van der Waals surface area (Å²) in [6, 6.07) is 114. The van der Waals surface area contributed by atoms with Gasteiger partial charge in [0.1, 0.15) is 0 Å². The van der Waals surface area contributed by atoms with Gasteiger partial charge in [0, 0.05) is 34.1 Å². The van der Waals surface area contributed by atoms with Crippen molar-refractivity contribution in [3.05, 3.63) is 338 Å². The Kier molecular flexibility index (Phi) is 13.8. The van der Waals surface area contributed by atoms with Gasteiger partial charge in [-0.05, 0) is 173 Å². The summed E-state index contributed by atoms with van der Waals surface area (Å²) in [5.41, 5.74) is 20.3. The fraction of sp³-hybridized carbons (Fsp3) is 0. The zero-order valence-electron chi connectivity index (χ0n) is 44.2. The van der Waals surface area contributed by atoms with Crippen molar-refractivity contribution >= 4 is 80.0 Å². The van der Waals surface area contributed by atoms with Crippen LogP contribution in [0, 0.1) is 0 Å². The maximum atomic E-state index is 2.43. The first kappa shape index (κ1) is 49.1. The Morgan fingerprint density at radius 2 is 0.463 bits per heavy atom. The Morgan fingerprint density at radius 1 is 0.175 bits per heavy atom. The van der Waals surface area contributed by atoms with Gasteiger partial charge >= 0.3 is 0 Å². The molecule has 0 N–H and O–H groups in total. The molecule has 0 saturated carbocycles. The quantitative estimate of drug-likeness (QED) is 0.0791. The van der Waals surface area contributed by atoms with E-state index in [-0.39, 0.29) is 0 Å². The Labute approximate surface area is 469 Å². The van der Waals surface area contributed by atoms with Gasteiger partial charge < -0.3 is 9.80 Å². The van der Waals surface area contributed by atoms with Crippen LogP contribution in [-0.2, 0) is 0 Å². The molecule has 0 saturated heterocycles. The minimum atomic E-state index is 1.06. The molecule has 0 aliphatic rings. The van der Waals surface area contributed by atoms with Gasteiger partial charge in [-0.25, -0.2) is 0 Å². The Hall–Kier alpha value is -10.5. The van der Waals surface area contributed by atoms with Gasteiger partial charge in [0.05, 0.1) is 0 Å². The highest BCUT2D eigenvalue weighted by atomic mass is 15.1. The predicted octanol–water partition coefficient (Wildman–Crippen LogP) is 21.9. The molecular weight excluding hydrogens is 965 g/mol. The molecule has 0 fully saturated rings. The minimum Gasteiger partial charge on any atom is -0.310 e. The first-order chi connectivity index (χ1) is 39.7. The largest absolute Gasteiger partial charge is 0.310 e. The third-order valence-corrected chi connectivity index (χ3v) is 14.9. The van der Waals surface area contributed by atoms with Gasteiger partial charge in [-0.2, -0.15) is 0 Å². The zero-order chi connectivity index (χ0) is 53.5. The first-order valence-corrected chi connectivity index (χ1v) is 27.4. The molecule has 0 atom stereocenters. The van der Waals surface area contributed by atoms with Crippen LogP contribution in [0.15, 0.2) is 315 Å². The summed E-state index contributed by atoms with van der Waals surface area (Å²) >= 11 is 0. The van der Waals surface area contributed by atoms with Crippen molar-refractivity contribution in [2.24, 2.45) is 0 Å². The van der Waals surface area contributed by atoms with Crippen LogP contribution in [0.2, 0.25) is 0 Å². The summed E-state index contributed by atoms with van der Waals surface area (Å²) in [5, 5.41) is 4.63. The highest BCUT2D eigenvalue weighted by Gasteiger charge is 2.23. The van der Waals surface area contributed by atoms with E-state index in [1.807, 2.05) is 0 Å². The van der Waals surface area contributed by atoms with E-state index >= 15 is 0 Å². The van der Waals surface area contributed by atoms with Gasteiger partial charge in [-0.3, -0.25) is 0 Å². The SMILES string of the molecule is C(=Cc1cccc(-c2c3ccc(N(c4ccccc4)c4cccc(-c5ccccc5)c4)cc3c(-c3cccc(C=Cc4ccccc4)c3)c3ccc(N(c4ccccc4)c4cccc(-c5ccccc5)c4)cc23)c1)c1ccccc1. The summed E-state index contributed by atoms with van der Waals surface area (Å²) in [5.74, 6) is 0. The van der Waals surface area contributed by atoms with Crippen molar-refractivity contribution in [1.82, 2.24) is 0 Å². The average molecular weight is 1020 g/mol. The first-order valence-electron chi connectivity index (χ1n) is 27.4. The standard InChI is InChI=1S/C78H56N2/c1-7-23-57(24-8-1)43-45-59-27-19-35-65(51-59)77-73-49-47-72(80(68-39-17-6-18-40-68)70-42-22-34-64(54-70)62-31-13-4-14-32-62)56-76(73)78(66-36-20-28-60(52-66)46-44-58-25-9-2-10-26-58)74-50-48-71(55-75(74)77)79(67-37-15-5-16-38-67)69-41-21-33-63(53-69)61-29-11-3-12-30-61/h1-56H. The van der Waals surface area contributed by atoms with Crippen LogP contribution in [0.5, 0.6) is 0 Å². The fourth-order valence-electron chi connectivity index (χ4n) is 11.2. The maximum absolute atomic E-state index is 2.43. The number of hydrogen-bond acceptors (Lipinski definition) is 2. The van der Waals surface area contributed by atoms with E-state index in [0.717, 1.165) is 100 Å². The summed E-state index contributed by atoms with van der Waals surface area (Å²) in [6.45, 7) is 0. The number of rotatable bonds is 14. The molecule has 2 heteroatoms. The molecular formula is C78H56N2. The highest BCUT2D eigenvalue weighted by molar-refractivity contribution is 6.23. The number of benzene rings is 13. The van der Waals surface area contributed by atoms with Crippen LogP contribution >= 0.6 is 0 Å². The molecule has 0 bridgehead atoms. The summed E-state index contributed by atoms with van der Waals surface area (Å²) < 4.78 is 0. The number of fused-ring (bicyclic) bond motifs is 2. The summed E-state index contributed by atoms with van der Waals surface area (Å²) in [6.07, 6.45) is 8.87. The number of nitrogens with zero attached hydrogens (tertiary/aromatic N) is 2. The lowest BCUT2D eigenvalue weighted by Gasteiger charge is -2.28. The molecule has 13 aromatic carbocycles. The summed E-state index contributed by atoms with van der Waals surface area (Å²) in [4.78, 5) is 4.80. The van der Waals surface area contributed by atoms with Gasteiger partial charge in [0.2, 0.25) is 0 Å². The van der Waals surface area contributed by atoms with Crippen molar-refractivity contribution in [3.8, 4) is 44.5 Å². The molecule has 80 heavy (non-hydrogen) atoms. The molecule has 0 aliphatic carbocycles. The predicted molar refractivity (Wildman–Crippen MR) is 343 cm³/mol. The third-order valence-electron chi connectivity index (χ3n) is 14.9. The Balaban J connectivity index is 1.09. The van der Waals surface area contributed by atoms with Gasteiger partial charge in [0.15, 0.2) is 0 Å². The van der Waals surface area contributed by atoms with Crippen LogP contribution in [0.4, 0.5) is 34.1 Å². The van der Waals surface area contributed by atoms with E-state index in [9.17, 15) is 0 Å². The monoisotopic (exact) mass is 1020 g/mol. The number of anilines is 6. The fourth-order valence-corrected chi connectivity index (χ4v) is 11.2. The minimum absolute atomic E-state index is 1.06. The van der Waals surface area contributed by atoms with Gasteiger partial charge in [0.25, 0.3) is 0 Å². The molecule has 0 radical (unpaired) electrons. The second-order valence-electron chi connectivity index (χ2n) is 20.1. The topological polar surface area (TPSA) is 6.48 Å². The average Bonchev–Trinajstić information content (AvgIpc) is 3.68. The molecule has 0 amide bonds. The second kappa shape index (κ2) is 22.6. The lowest BCUT2D eigenvalue weighted by Crippen LogP contribution is -2.10. The second-order valence-corrected chi connectivity index (χ2v) is 20.1. The molecule has 13 aromatic rings. The molecule has 0 unspecified atom stereocenters. The maximum Gasteiger partial charge on any atom is 0.0468 e. The third kappa shape index (κ3) is 10.4. The molecule has 378 valence electrons. The van der Waals surface area contributed by atoms with E-state index in [4.69, 9.17) is 0 Å². The van der Waals surface area contributed by atoms with Gasteiger partial charge in [-0.15, -0.1) is 0 Å². The Bertz CT molecular complexity index is 4040. The smallest absolute Gasteiger partial charge is 0.0468 e. The van der Waals surface area contributed by atoms with Crippen molar-refractivity contribution in [3.63, 3.8) is 0 Å². The molecule has 13 rings (SSSR count). The molecule has 0 spiro atoms. The van der Waals surface area contributed by atoms with E-state index in [1.165, 1.54) is 22.3 Å². The van der Waals surface area contributed by atoms with Crippen molar-refractivity contribution in [2.75, 3.05) is 9.80 Å². The molecule has 0 aromatic heterocycles. The zero-order valence-corrected chi connectivity index (χ0v) is 44.2. The van der Waals surface area contributed by atoms with E-state index in [1.54, 1.807) is 0 Å². The van der Waals surface area contributed by atoms with Gasteiger partial charge in [-0.1, -0.05) is 255 Å². The van der Waals surface area contributed by atoms with Crippen molar-refractivity contribution < 1.29 is 0 Å². The lowest BCUT2D eigenvalue weighted by molar-refractivity contribution is 1.29. The Morgan fingerprint density at radius 3 is 0.863 bits per heavy atom. The van der Waals surface area contributed by atoms with Crippen LogP contribution in [0.3, 0.4) is 0 Å². The van der Waals surface area contributed by atoms with Crippen LogP contribution in [0.1, 0.15) is 22.3 Å². The molecule has 0 aliphatic heterocycles. The van der Waals surface area contributed by atoms with Crippen LogP contribution < -0.4 is 9.80 Å². The van der Waals surface area contributed by atoms with Crippen LogP contribution in [0.25, 0.3) is 90.4 Å². The summed E-state index contributed by atoms with van der Waals surface area (Å²) in [7, 11) is 0. The van der Waals surface area contributed by atoms with E-state index in [0.29, 0.717) is 0 Å². The van der Waals surface area contributed by atoms with Crippen LogP contribution in [-0.4, -0.2) is 0 Å². The lowest BCUT2D eigenvalue weighted by atomic mass is 9.84.